The van der Waals surface area contributed by atoms with Gasteiger partial charge >= 0.3 is 0 Å². The summed E-state index contributed by atoms with van der Waals surface area (Å²) in [4.78, 5) is 8.56. The van der Waals surface area contributed by atoms with Gasteiger partial charge in [0.2, 0.25) is 0 Å². The van der Waals surface area contributed by atoms with Gasteiger partial charge in [0, 0.05) is 30.2 Å². The Balaban J connectivity index is 1.73. The maximum absolute atomic E-state index is 4.88. The molecule has 0 spiro atoms. The molecule has 0 radical (unpaired) electrons. The minimum absolute atomic E-state index is 0.805. The Morgan fingerprint density at radius 2 is 2.14 bits per heavy atom. The molecule has 4 heteroatoms. The van der Waals surface area contributed by atoms with E-state index in [1.807, 2.05) is 0 Å². The van der Waals surface area contributed by atoms with Crippen LogP contribution in [0.3, 0.4) is 0 Å². The van der Waals surface area contributed by atoms with Crippen LogP contribution in [0.25, 0.3) is 16.2 Å². The predicted octanol–water partition coefficient (Wildman–Crippen LogP) is 4.29. The van der Waals surface area contributed by atoms with E-state index in [9.17, 15) is 0 Å². The molecule has 1 atom stereocenters. The normalized spacial score (nSPS) is 19.8. The maximum atomic E-state index is 4.88. The number of hydrogen-bond donors (Lipinski definition) is 0. The summed E-state index contributed by atoms with van der Waals surface area (Å²) in [5, 5.41) is 2.12. The highest BCUT2D eigenvalue weighted by Crippen LogP contribution is 2.28. The van der Waals surface area contributed by atoms with Crippen molar-refractivity contribution in [2.24, 2.45) is 5.92 Å². The lowest BCUT2D eigenvalue weighted by Crippen LogP contribution is -2.34. The van der Waals surface area contributed by atoms with Crippen molar-refractivity contribution in [3.63, 3.8) is 0 Å². The number of nitrogens with zero attached hydrogens (tertiary/aromatic N) is 3. The van der Waals surface area contributed by atoms with E-state index >= 15 is 0 Å². The first-order valence-corrected chi connectivity index (χ1v) is 8.91. The summed E-state index contributed by atoms with van der Waals surface area (Å²) in [7, 11) is 0. The van der Waals surface area contributed by atoms with E-state index in [0.717, 1.165) is 23.1 Å². The molecule has 22 heavy (non-hydrogen) atoms. The van der Waals surface area contributed by atoms with Crippen LogP contribution >= 0.6 is 11.3 Å². The van der Waals surface area contributed by atoms with Crippen LogP contribution < -0.4 is 0 Å². The quantitative estimate of drug-likeness (QED) is 0.719. The van der Waals surface area contributed by atoms with Gasteiger partial charge in [0.05, 0.1) is 11.4 Å². The molecule has 3 nitrogen and oxygen atoms in total. The molecule has 1 unspecified atom stereocenters. The van der Waals surface area contributed by atoms with Crippen LogP contribution in [-0.2, 0) is 6.54 Å². The molecule has 0 aliphatic carbocycles. The Hall–Kier alpha value is -1.65. The average Bonchev–Trinajstić information content (AvgIpc) is 3.11. The SMILES string of the molecule is CC1CCCN(Cc2c(-c3ccccc3)nc3sccn23)C1. The number of imidazole rings is 1. The zero-order valence-electron chi connectivity index (χ0n) is 12.9. The fraction of sp³-hybridized carbons (Fsp3) is 0.389. The van der Waals surface area contributed by atoms with Crippen LogP contribution in [0, 0.1) is 5.92 Å². The Bertz CT molecular complexity index is 759. The van der Waals surface area contributed by atoms with Gasteiger partial charge in [-0.05, 0) is 25.3 Å². The summed E-state index contributed by atoms with van der Waals surface area (Å²) in [5.74, 6) is 0.805. The molecule has 1 fully saturated rings. The smallest absolute Gasteiger partial charge is 0.194 e. The van der Waals surface area contributed by atoms with Crippen molar-refractivity contribution in [3.8, 4) is 11.3 Å². The first kappa shape index (κ1) is 14.0. The molecule has 2 aromatic heterocycles. The number of aromatic nitrogens is 2. The lowest BCUT2D eigenvalue weighted by molar-refractivity contribution is 0.175. The Morgan fingerprint density at radius 3 is 2.95 bits per heavy atom. The predicted molar refractivity (Wildman–Crippen MR) is 92.2 cm³/mol. The second-order valence-corrected chi connectivity index (χ2v) is 7.18. The first-order chi connectivity index (χ1) is 10.8. The van der Waals surface area contributed by atoms with Crippen molar-refractivity contribution in [1.82, 2.24) is 14.3 Å². The van der Waals surface area contributed by atoms with Crippen LogP contribution in [-0.4, -0.2) is 27.4 Å². The molecule has 1 aliphatic heterocycles. The monoisotopic (exact) mass is 311 g/mol. The number of fused-ring (bicyclic) bond motifs is 1. The number of hydrogen-bond acceptors (Lipinski definition) is 3. The standard InChI is InChI=1S/C18H21N3S/c1-14-6-5-9-20(12-14)13-16-17(15-7-3-2-4-8-15)19-18-21(16)10-11-22-18/h2-4,7-8,10-11,14H,5-6,9,12-13H2,1H3. The van der Waals surface area contributed by atoms with Crippen molar-refractivity contribution in [2.45, 2.75) is 26.3 Å². The number of likely N-dealkylation sites (tertiary alicyclic amines) is 1. The Morgan fingerprint density at radius 1 is 1.27 bits per heavy atom. The number of piperidine rings is 1. The third-order valence-corrected chi connectivity index (χ3v) is 5.28. The third kappa shape index (κ3) is 2.57. The van der Waals surface area contributed by atoms with Crippen molar-refractivity contribution in [1.29, 1.82) is 0 Å². The maximum Gasteiger partial charge on any atom is 0.194 e. The Kier molecular flexibility index (Phi) is 3.72. The summed E-state index contributed by atoms with van der Waals surface area (Å²) in [6, 6.07) is 10.6. The molecule has 0 saturated carbocycles. The van der Waals surface area contributed by atoms with Gasteiger partial charge in [-0.15, -0.1) is 11.3 Å². The number of rotatable bonds is 3. The molecule has 0 amide bonds. The third-order valence-electron chi connectivity index (χ3n) is 4.52. The van der Waals surface area contributed by atoms with E-state index in [1.165, 1.54) is 37.2 Å². The molecule has 114 valence electrons. The fourth-order valence-corrected chi connectivity index (χ4v) is 4.19. The summed E-state index contributed by atoms with van der Waals surface area (Å²) < 4.78 is 2.27. The van der Waals surface area contributed by atoms with Crippen LogP contribution in [0.15, 0.2) is 41.9 Å². The first-order valence-electron chi connectivity index (χ1n) is 8.03. The number of benzene rings is 1. The topological polar surface area (TPSA) is 20.5 Å². The van der Waals surface area contributed by atoms with E-state index in [-0.39, 0.29) is 0 Å². The summed E-state index contributed by atoms with van der Waals surface area (Å²) in [5.41, 5.74) is 3.70. The van der Waals surface area contributed by atoms with Gasteiger partial charge in [-0.2, -0.15) is 0 Å². The van der Waals surface area contributed by atoms with E-state index in [4.69, 9.17) is 4.98 Å². The van der Waals surface area contributed by atoms with Gasteiger partial charge in [0.25, 0.3) is 0 Å². The molecule has 1 aliphatic rings. The van der Waals surface area contributed by atoms with Crippen molar-refractivity contribution < 1.29 is 0 Å². The van der Waals surface area contributed by atoms with Crippen LogP contribution in [0.2, 0.25) is 0 Å². The molecule has 4 rings (SSSR count). The molecule has 0 bridgehead atoms. The van der Waals surface area contributed by atoms with Gasteiger partial charge < -0.3 is 0 Å². The highest BCUT2D eigenvalue weighted by molar-refractivity contribution is 7.15. The van der Waals surface area contributed by atoms with Crippen molar-refractivity contribution >= 4 is 16.3 Å². The molecule has 1 saturated heterocycles. The lowest BCUT2D eigenvalue weighted by atomic mass is 10.00. The van der Waals surface area contributed by atoms with Crippen molar-refractivity contribution in [3.05, 3.63) is 47.6 Å². The van der Waals surface area contributed by atoms with E-state index in [2.05, 4.69) is 58.1 Å². The Labute approximate surface area is 135 Å². The zero-order valence-corrected chi connectivity index (χ0v) is 13.7. The molecule has 3 heterocycles. The molecule has 0 N–H and O–H groups in total. The molecule has 3 aromatic rings. The molecular weight excluding hydrogens is 290 g/mol. The summed E-state index contributed by atoms with van der Waals surface area (Å²) in [6.45, 7) is 5.76. The van der Waals surface area contributed by atoms with Gasteiger partial charge in [0.1, 0.15) is 0 Å². The molecular formula is C18H21N3S. The van der Waals surface area contributed by atoms with Gasteiger partial charge in [0.15, 0.2) is 4.96 Å². The second-order valence-electron chi connectivity index (χ2n) is 6.31. The zero-order chi connectivity index (χ0) is 14.9. The lowest BCUT2D eigenvalue weighted by Gasteiger charge is -2.30. The minimum atomic E-state index is 0.805. The van der Waals surface area contributed by atoms with Crippen molar-refractivity contribution in [2.75, 3.05) is 13.1 Å². The van der Waals surface area contributed by atoms with Gasteiger partial charge in [-0.25, -0.2) is 4.98 Å². The van der Waals surface area contributed by atoms with E-state index in [1.54, 1.807) is 11.3 Å². The van der Waals surface area contributed by atoms with Gasteiger partial charge in [-0.3, -0.25) is 9.30 Å². The van der Waals surface area contributed by atoms with Crippen LogP contribution in [0.5, 0.6) is 0 Å². The second kappa shape index (κ2) is 5.86. The van der Waals surface area contributed by atoms with Crippen LogP contribution in [0.1, 0.15) is 25.5 Å². The van der Waals surface area contributed by atoms with E-state index < -0.39 is 0 Å². The molecule has 1 aromatic carbocycles. The minimum Gasteiger partial charge on any atom is -0.297 e. The summed E-state index contributed by atoms with van der Waals surface area (Å²) in [6.07, 6.45) is 4.83. The number of thiazole rings is 1. The highest BCUT2D eigenvalue weighted by atomic mass is 32.1. The average molecular weight is 311 g/mol. The summed E-state index contributed by atoms with van der Waals surface area (Å²) >= 11 is 1.71. The fourth-order valence-electron chi connectivity index (χ4n) is 3.45. The van der Waals surface area contributed by atoms with E-state index in [0.29, 0.717) is 0 Å². The van der Waals surface area contributed by atoms with Gasteiger partial charge in [-0.1, -0.05) is 37.3 Å². The van der Waals surface area contributed by atoms with Crippen LogP contribution in [0.4, 0.5) is 0 Å². The highest BCUT2D eigenvalue weighted by Gasteiger charge is 2.21. The largest absolute Gasteiger partial charge is 0.297 e.